The van der Waals surface area contributed by atoms with Gasteiger partial charge in [-0.2, -0.15) is 0 Å². The summed E-state index contributed by atoms with van der Waals surface area (Å²) in [5.41, 5.74) is 2.43. The van der Waals surface area contributed by atoms with Crippen molar-refractivity contribution in [2.75, 3.05) is 18.5 Å². The Kier molecular flexibility index (Phi) is 9.07. The molecule has 0 aliphatic carbocycles. The summed E-state index contributed by atoms with van der Waals surface area (Å²) in [5, 5.41) is 5.98. The van der Waals surface area contributed by atoms with Crippen LogP contribution in [0.4, 0.5) is 5.69 Å². The number of carbonyl (C=O) groups is 1. The lowest BCUT2D eigenvalue weighted by Crippen LogP contribution is -2.34. The van der Waals surface area contributed by atoms with E-state index in [1.807, 2.05) is 55.5 Å². The Balaban J connectivity index is 1.54. The lowest BCUT2D eigenvalue weighted by Gasteiger charge is -2.15. The lowest BCUT2D eigenvalue weighted by molar-refractivity contribution is 0.0973. The summed E-state index contributed by atoms with van der Waals surface area (Å²) in [7, 11) is 0. The van der Waals surface area contributed by atoms with Crippen LogP contribution < -0.4 is 20.1 Å². The number of aryl methyl sites for hydroxylation is 1. The van der Waals surface area contributed by atoms with Crippen LogP contribution >= 0.6 is 12.2 Å². The quantitative estimate of drug-likeness (QED) is 0.312. The molecule has 0 aliphatic heterocycles. The van der Waals surface area contributed by atoms with E-state index in [9.17, 15) is 4.79 Å². The lowest BCUT2D eigenvalue weighted by atomic mass is 10.1. The number of hydrogen-bond acceptors (Lipinski definition) is 4. The van der Waals surface area contributed by atoms with Gasteiger partial charge in [-0.05, 0) is 61.3 Å². The molecule has 166 valence electrons. The van der Waals surface area contributed by atoms with Gasteiger partial charge in [0, 0.05) is 0 Å². The smallest absolute Gasteiger partial charge is 0.261 e. The summed E-state index contributed by atoms with van der Waals surface area (Å²) >= 11 is 5.36. The molecule has 0 saturated heterocycles. The molecule has 0 atom stereocenters. The highest BCUT2D eigenvalue weighted by molar-refractivity contribution is 7.80. The molecule has 5 nitrogen and oxygen atoms in total. The van der Waals surface area contributed by atoms with E-state index in [0.717, 1.165) is 19.3 Å². The normalized spacial score (nSPS) is 10.3. The predicted molar refractivity (Wildman–Crippen MR) is 133 cm³/mol. The van der Waals surface area contributed by atoms with Crippen LogP contribution in [0, 0.1) is 0 Å². The largest absolute Gasteiger partial charge is 0.493 e. The van der Waals surface area contributed by atoms with Crippen LogP contribution in [0.2, 0.25) is 0 Å². The molecule has 32 heavy (non-hydrogen) atoms. The summed E-state index contributed by atoms with van der Waals surface area (Å²) in [6.45, 7) is 3.14. The molecular weight excluding hydrogens is 420 g/mol. The number of thiocarbonyl (C=S) groups is 1. The number of nitrogens with one attached hydrogen (secondary N) is 2. The molecular formula is C26H28N2O3S. The zero-order valence-corrected chi connectivity index (χ0v) is 19.0. The fraction of sp³-hybridized carbons (Fsp3) is 0.231. The fourth-order valence-corrected chi connectivity index (χ4v) is 3.32. The Labute approximate surface area is 194 Å². The van der Waals surface area contributed by atoms with E-state index in [1.54, 1.807) is 18.2 Å². The molecule has 6 heteroatoms. The van der Waals surface area contributed by atoms with Crippen molar-refractivity contribution in [1.29, 1.82) is 0 Å². The number of para-hydroxylation sites is 3. The van der Waals surface area contributed by atoms with E-state index in [4.69, 9.17) is 21.7 Å². The molecule has 0 bridgehead atoms. The van der Waals surface area contributed by atoms with E-state index in [-0.39, 0.29) is 11.0 Å². The minimum Gasteiger partial charge on any atom is -0.493 e. The Morgan fingerprint density at radius 3 is 2.28 bits per heavy atom. The minimum absolute atomic E-state index is 0.195. The van der Waals surface area contributed by atoms with Crippen molar-refractivity contribution in [2.45, 2.75) is 26.2 Å². The maximum Gasteiger partial charge on any atom is 0.261 e. The van der Waals surface area contributed by atoms with Crippen molar-refractivity contribution in [3.8, 4) is 11.5 Å². The average molecular weight is 449 g/mol. The van der Waals surface area contributed by atoms with Crippen LogP contribution in [-0.2, 0) is 6.42 Å². The molecule has 3 aromatic carbocycles. The molecule has 0 unspecified atom stereocenters. The Morgan fingerprint density at radius 1 is 0.844 bits per heavy atom. The monoisotopic (exact) mass is 448 g/mol. The second-order valence-electron chi connectivity index (χ2n) is 7.19. The van der Waals surface area contributed by atoms with E-state index in [0.29, 0.717) is 36.0 Å². The maximum absolute atomic E-state index is 12.7. The molecule has 0 aromatic heterocycles. The van der Waals surface area contributed by atoms with Crippen LogP contribution in [0.1, 0.15) is 35.7 Å². The van der Waals surface area contributed by atoms with Gasteiger partial charge in [0.1, 0.15) is 11.5 Å². The maximum atomic E-state index is 12.7. The Morgan fingerprint density at radius 2 is 1.50 bits per heavy atom. The number of benzene rings is 3. The molecule has 1 amide bonds. The number of rotatable bonds is 10. The van der Waals surface area contributed by atoms with Gasteiger partial charge < -0.3 is 14.8 Å². The van der Waals surface area contributed by atoms with Crippen LogP contribution in [0.25, 0.3) is 0 Å². The predicted octanol–water partition coefficient (Wildman–Crippen LogP) is 5.61. The average Bonchev–Trinajstić information content (AvgIpc) is 2.82. The molecule has 0 heterocycles. The van der Waals surface area contributed by atoms with Gasteiger partial charge in [0.15, 0.2) is 5.11 Å². The van der Waals surface area contributed by atoms with Gasteiger partial charge in [0.05, 0.1) is 24.5 Å². The second-order valence-corrected chi connectivity index (χ2v) is 7.59. The number of ether oxygens (including phenoxy) is 2. The topological polar surface area (TPSA) is 59.6 Å². The minimum atomic E-state index is -0.324. The van der Waals surface area contributed by atoms with Crippen LogP contribution in [0.15, 0.2) is 78.9 Å². The molecule has 3 rings (SSSR count). The highest BCUT2D eigenvalue weighted by Crippen LogP contribution is 2.24. The molecule has 3 aromatic rings. The van der Waals surface area contributed by atoms with Crippen molar-refractivity contribution in [3.05, 3.63) is 90.0 Å². The van der Waals surface area contributed by atoms with Gasteiger partial charge >= 0.3 is 0 Å². The van der Waals surface area contributed by atoms with Gasteiger partial charge in [0.2, 0.25) is 0 Å². The summed E-state index contributed by atoms with van der Waals surface area (Å²) in [6, 6.07) is 25.0. The van der Waals surface area contributed by atoms with Crippen LogP contribution in [-0.4, -0.2) is 24.2 Å². The molecule has 2 N–H and O–H groups in total. The number of amides is 1. The van der Waals surface area contributed by atoms with Gasteiger partial charge in [-0.1, -0.05) is 61.5 Å². The van der Waals surface area contributed by atoms with Crippen molar-refractivity contribution in [3.63, 3.8) is 0 Å². The molecule has 0 radical (unpaired) electrons. The standard InChI is InChI=1S/C26H28N2O3S/c1-2-18-30-23-16-8-6-14-21(23)25(29)28-26(32)27-22-15-7-9-17-24(22)31-19-10-13-20-11-4-3-5-12-20/h3-9,11-12,14-17H,2,10,13,18-19H2,1H3,(H2,27,28,29,32). The van der Waals surface area contributed by atoms with E-state index < -0.39 is 0 Å². The molecule has 0 aliphatic rings. The zero-order valence-electron chi connectivity index (χ0n) is 18.2. The van der Waals surface area contributed by atoms with Crippen molar-refractivity contribution in [2.24, 2.45) is 0 Å². The number of anilines is 1. The first-order chi connectivity index (χ1) is 15.7. The first-order valence-electron chi connectivity index (χ1n) is 10.8. The summed E-state index contributed by atoms with van der Waals surface area (Å²) in [4.78, 5) is 12.7. The fourth-order valence-electron chi connectivity index (χ4n) is 3.11. The summed E-state index contributed by atoms with van der Waals surface area (Å²) < 4.78 is 11.6. The van der Waals surface area contributed by atoms with E-state index in [1.165, 1.54) is 5.56 Å². The first-order valence-corrected chi connectivity index (χ1v) is 11.2. The van der Waals surface area contributed by atoms with Crippen LogP contribution in [0.5, 0.6) is 11.5 Å². The first kappa shape index (κ1) is 23.3. The second kappa shape index (κ2) is 12.5. The third kappa shape index (κ3) is 7.10. The van der Waals surface area contributed by atoms with E-state index in [2.05, 4.69) is 22.8 Å². The van der Waals surface area contributed by atoms with Crippen molar-refractivity contribution >= 4 is 28.9 Å². The number of hydrogen-bond donors (Lipinski definition) is 2. The third-order valence-electron chi connectivity index (χ3n) is 4.67. The van der Waals surface area contributed by atoms with Gasteiger partial charge in [0.25, 0.3) is 5.91 Å². The third-order valence-corrected chi connectivity index (χ3v) is 4.87. The van der Waals surface area contributed by atoms with Gasteiger partial charge in [-0.3, -0.25) is 10.1 Å². The molecule has 0 fully saturated rings. The Hall–Kier alpha value is -3.38. The van der Waals surface area contributed by atoms with Crippen molar-refractivity contribution < 1.29 is 14.3 Å². The van der Waals surface area contributed by atoms with Crippen LogP contribution in [0.3, 0.4) is 0 Å². The highest BCUT2D eigenvalue weighted by atomic mass is 32.1. The van der Waals surface area contributed by atoms with Gasteiger partial charge in [-0.15, -0.1) is 0 Å². The number of carbonyl (C=O) groups excluding carboxylic acids is 1. The highest BCUT2D eigenvalue weighted by Gasteiger charge is 2.14. The Bertz CT molecular complexity index is 1020. The molecule has 0 spiro atoms. The molecule has 0 saturated carbocycles. The van der Waals surface area contributed by atoms with Gasteiger partial charge in [-0.25, -0.2) is 0 Å². The van der Waals surface area contributed by atoms with E-state index >= 15 is 0 Å². The SMILES string of the molecule is CCCOc1ccccc1C(=O)NC(=S)Nc1ccccc1OCCCc1ccccc1. The summed E-state index contributed by atoms with van der Waals surface area (Å²) in [6.07, 6.45) is 2.70. The summed E-state index contributed by atoms with van der Waals surface area (Å²) in [5.74, 6) is 0.899. The zero-order chi connectivity index (χ0) is 22.6. The van der Waals surface area contributed by atoms with Crippen molar-refractivity contribution in [1.82, 2.24) is 5.32 Å².